The van der Waals surface area contributed by atoms with E-state index in [-0.39, 0.29) is 32.6 Å². The number of ether oxygens (including phenoxy) is 2. The van der Waals surface area contributed by atoms with E-state index in [1.165, 1.54) is 38.5 Å². The van der Waals surface area contributed by atoms with E-state index >= 15 is 0 Å². The summed E-state index contributed by atoms with van der Waals surface area (Å²) >= 11 is 0. The highest BCUT2D eigenvalue weighted by Crippen LogP contribution is 2.43. The number of rotatable bonds is 39. The van der Waals surface area contributed by atoms with E-state index in [0.29, 0.717) is 19.3 Å². The van der Waals surface area contributed by atoms with Gasteiger partial charge in [-0.15, -0.1) is 0 Å². The summed E-state index contributed by atoms with van der Waals surface area (Å²) in [6.07, 6.45) is 54.5. The maximum Gasteiger partial charge on any atom is 0.472 e. The molecule has 0 aromatic rings. The number of phosphoric acid groups is 1. The van der Waals surface area contributed by atoms with Crippen LogP contribution in [0.5, 0.6) is 0 Å². The minimum absolute atomic E-state index is 0.0354. The fourth-order valence-corrected chi connectivity index (χ4v) is 6.03. The highest BCUT2D eigenvalue weighted by molar-refractivity contribution is 7.47. The average Bonchev–Trinajstić information content (AvgIpc) is 3.20. The highest BCUT2D eigenvalue weighted by Gasteiger charge is 2.25. The van der Waals surface area contributed by atoms with Crippen LogP contribution in [-0.2, 0) is 32.7 Å². The molecule has 57 heavy (non-hydrogen) atoms. The molecule has 0 radical (unpaired) electrons. The lowest BCUT2D eigenvalue weighted by atomic mass is 10.1. The molecule has 0 aliphatic heterocycles. The first-order valence-electron chi connectivity index (χ1n) is 21.7. The number of carbonyl (C=O) groups is 2. The van der Waals surface area contributed by atoms with Gasteiger partial charge in [0, 0.05) is 19.4 Å². The zero-order valence-corrected chi connectivity index (χ0v) is 36.4. The lowest BCUT2D eigenvalue weighted by Crippen LogP contribution is -2.29. The van der Waals surface area contributed by atoms with Crippen molar-refractivity contribution < 1.29 is 37.6 Å². The maximum absolute atomic E-state index is 12.6. The maximum atomic E-state index is 12.6. The van der Waals surface area contributed by atoms with E-state index in [4.69, 9.17) is 24.3 Å². The third-order valence-corrected chi connectivity index (χ3v) is 9.44. The Hall–Kier alpha value is -3.07. The van der Waals surface area contributed by atoms with E-state index in [2.05, 4.69) is 105 Å². The quantitative estimate of drug-likeness (QED) is 0.0269. The summed E-state index contributed by atoms with van der Waals surface area (Å²) in [5.74, 6) is -0.938. The minimum atomic E-state index is -4.41. The van der Waals surface area contributed by atoms with Crippen molar-refractivity contribution in [2.24, 2.45) is 5.73 Å². The summed E-state index contributed by atoms with van der Waals surface area (Å²) in [5.41, 5.74) is 5.34. The molecule has 324 valence electrons. The van der Waals surface area contributed by atoms with E-state index in [0.717, 1.165) is 70.6 Å². The van der Waals surface area contributed by atoms with Gasteiger partial charge in [0.05, 0.1) is 13.2 Å². The van der Waals surface area contributed by atoms with Crippen molar-refractivity contribution >= 4 is 19.8 Å². The second kappa shape index (κ2) is 42.5. The summed E-state index contributed by atoms with van der Waals surface area (Å²) in [6.45, 7) is 3.49. The first kappa shape index (κ1) is 53.9. The monoisotopic (exact) mass is 816 g/mol. The van der Waals surface area contributed by atoms with Crippen LogP contribution < -0.4 is 5.73 Å². The molecule has 0 aromatic carbocycles. The molecule has 0 saturated carbocycles. The van der Waals surface area contributed by atoms with Gasteiger partial charge in [0.15, 0.2) is 6.10 Å². The highest BCUT2D eigenvalue weighted by atomic mass is 31.2. The smallest absolute Gasteiger partial charge is 0.462 e. The first-order valence-corrected chi connectivity index (χ1v) is 23.2. The number of esters is 2. The van der Waals surface area contributed by atoms with Crippen LogP contribution in [0.25, 0.3) is 0 Å². The molecule has 0 heterocycles. The van der Waals surface area contributed by atoms with Crippen LogP contribution in [0.3, 0.4) is 0 Å². The lowest BCUT2D eigenvalue weighted by Gasteiger charge is -2.19. The number of hydrogen-bond donors (Lipinski definition) is 2. The van der Waals surface area contributed by atoms with Crippen LogP contribution in [-0.4, -0.2) is 49.3 Å². The zero-order valence-electron chi connectivity index (χ0n) is 35.5. The Labute approximate surface area is 346 Å². The Balaban J connectivity index is 4.33. The Morgan fingerprint density at radius 2 is 0.982 bits per heavy atom. The Morgan fingerprint density at radius 1 is 0.544 bits per heavy atom. The SMILES string of the molecule is CCC=CCC=CCC=CCC=CCC=CCCCCCC(=O)OC[C@H](COP(=O)(O)OCCN)OC(=O)CCCC=CCC=CCC=CCCCCCCCC. The second-order valence-electron chi connectivity index (χ2n) is 13.8. The molecule has 0 rings (SSSR count). The summed E-state index contributed by atoms with van der Waals surface area (Å²) in [5, 5.41) is 0. The first-order chi connectivity index (χ1) is 27.8. The summed E-state index contributed by atoms with van der Waals surface area (Å²) < 4.78 is 32.7. The molecule has 9 nitrogen and oxygen atoms in total. The molecule has 0 fully saturated rings. The van der Waals surface area contributed by atoms with E-state index < -0.39 is 32.5 Å². The molecule has 0 aliphatic rings. The molecule has 1 unspecified atom stereocenters. The van der Waals surface area contributed by atoms with Crippen molar-refractivity contribution in [3.05, 3.63) is 97.2 Å². The van der Waals surface area contributed by atoms with Crippen LogP contribution in [0.15, 0.2) is 97.2 Å². The number of unbranched alkanes of at least 4 members (excludes halogenated alkanes) is 10. The molecular formula is C47H78NO8P. The van der Waals surface area contributed by atoms with Gasteiger partial charge in [-0.25, -0.2) is 4.57 Å². The molecule has 0 aromatic heterocycles. The van der Waals surface area contributed by atoms with Gasteiger partial charge < -0.3 is 20.1 Å². The van der Waals surface area contributed by atoms with Crippen LogP contribution >= 0.6 is 7.82 Å². The Kier molecular flexibility index (Phi) is 40.2. The van der Waals surface area contributed by atoms with Crippen LogP contribution in [0.4, 0.5) is 0 Å². The number of nitrogens with two attached hydrogens (primary N) is 1. The average molecular weight is 816 g/mol. The van der Waals surface area contributed by atoms with Gasteiger partial charge in [-0.2, -0.15) is 0 Å². The van der Waals surface area contributed by atoms with Crippen LogP contribution in [0.2, 0.25) is 0 Å². The second-order valence-corrected chi connectivity index (χ2v) is 15.3. The number of hydrogen-bond acceptors (Lipinski definition) is 8. The van der Waals surface area contributed by atoms with Gasteiger partial charge >= 0.3 is 19.8 Å². The largest absolute Gasteiger partial charge is 0.472 e. The lowest BCUT2D eigenvalue weighted by molar-refractivity contribution is -0.161. The molecule has 0 saturated heterocycles. The van der Waals surface area contributed by atoms with Gasteiger partial charge in [0.25, 0.3) is 0 Å². The van der Waals surface area contributed by atoms with E-state index in [1.807, 2.05) is 6.08 Å². The normalized spacial score (nSPS) is 14.2. The van der Waals surface area contributed by atoms with Gasteiger partial charge in [0.2, 0.25) is 0 Å². The molecule has 0 spiro atoms. The topological polar surface area (TPSA) is 134 Å². The van der Waals surface area contributed by atoms with Gasteiger partial charge in [-0.3, -0.25) is 18.6 Å². The van der Waals surface area contributed by atoms with Crippen molar-refractivity contribution in [2.75, 3.05) is 26.4 Å². The number of allylic oxidation sites excluding steroid dienone is 16. The minimum Gasteiger partial charge on any atom is -0.462 e. The summed E-state index contributed by atoms with van der Waals surface area (Å²) in [7, 11) is -4.41. The van der Waals surface area contributed by atoms with Crippen LogP contribution in [0, 0.1) is 0 Å². The Morgan fingerprint density at radius 3 is 1.49 bits per heavy atom. The molecule has 0 amide bonds. The molecule has 2 atom stereocenters. The third kappa shape index (κ3) is 42.4. The van der Waals surface area contributed by atoms with Crippen LogP contribution in [0.1, 0.15) is 155 Å². The van der Waals surface area contributed by atoms with Gasteiger partial charge in [0.1, 0.15) is 6.61 Å². The summed E-state index contributed by atoms with van der Waals surface area (Å²) in [6, 6.07) is 0. The third-order valence-electron chi connectivity index (χ3n) is 8.45. The molecule has 0 bridgehead atoms. The predicted molar refractivity (Wildman–Crippen MR) is 238 cm³/mol. The number of phosphoric ester groups is 1. The fourth-order valence-electron chi connectivity index (χ4n) is 5.26. The molecular weight excluding hydrogens is 737 g/mol. The number of carbonyl (C=O) groups excluding carboxylic acids is 2. The van der Waals surface area contributed by atoms with Crippen molar-refractivity contribution in [2.45, 2.75) is 161 Å². The van der Waals surface area contributed by atoms with Crippen molar-refractivity contribution in [1.82, 2.24) is 0 Å². The standard InChI is InChI=1S/C47H78NO8P/c1-3-5-7-9-11-13-15-17-19-21-22-24-25-27-29-31-33-35-37-39-46(49)53-43-45(44-55-57(51,52)54-42-41-48)56-47(50)40-38-36-34-32-30-28-26-23-20-18-16-14-12-10-8-6-4-2/h5,7,11,13,17-20,22,24,26-29,32,34,45H,3-4,6,8-10,12,14-16,21,23,25,30-31,33,35-44,48H2,1-2H3,(H,51,52)/t45-/m1/s1. The van der Waals surface area contributed by atoms with Gasteiger partial charge in [-0.05, 0) is 89.9 Å². The van der Waals surface area contributed by atoms with Crippen molar-refractivity contribution in [3.63, 3.8) is 0 Å². The fraction of sp³-hybridized carbons (Fsp3) is 0.617. The molecule has 0 aliphatic carbocycles. The van der Waals surface area contributed by atoms with Gasteiger partial charge in [-0.1, -0.05) is 150 Å². The summed E-state index contributed by atoms with van der Waals surface area (Å²) in [4.78, 5) is 34.8. The van der Waals surface area contributed by atoms with Crippen molar-refractivity contribution in [1.29, 1.82) is 0 Å². The van der Waals surface area contributed by atoms with E-state index in [9.17, 15) is 19.0 Å². The molecule has 10 heteroatoms. The van der Waals surface area contributed by atoms with Crippen molar-refractivity contribution in [3.8, 4) is 0 Å². The Bertz CT molecular complexity index is 1250. The molecule has 3 N–H and O–H groups in total. The predicted octanol–water partition coefficient (Wildman–Crippen LogP) is 12.6. The zero-order chi connectivity index (χ0) is 41.8. The van der Waals surface area contributed by atoms with E-state index in [1.54, 1.807) is 0 Å².